The number of hydrogen-bond acceptors (Lipinski definition) is 2. The van der Waals surface area contributed by atoms with Crippen LogP contribution in [0.2, 0.25) is 0 Å². The Balaban J connectivity index is 2.35. The van der Waals surface area contributed by atoms with Crippen LogP contribution in [0.25, 0.3) is 22.6 Å². The SMILES string of the molecule is O=[C]OC1=Cc2cccc3cccc1c23. The molecule has 0 N–H and O–H groups in total. The van der Waals surface area contributed by atoms with E-state index in [-0.39, 0.29) is 0 Å². The third-order valence-electron chi connectivity index (χ3n) is 2.64. The number of benzene rings is 2. The summed E-state index contributed by atoms with van der Waals surface area (Å²) >= 11 is 0. The second-order valence-corrected chi connectivity index (χ2v) is 3.44. The van der Waals surface area contributed by atoms with Gasteiger partial charge in [0, 0.05) is 5.56 Å². The Morgan fingerprint density at radius 3 is 2.67 bits per heavy atom. The molecule has 1 radical (unpaired) electrons. The summed E-state index contributed by atoms with van der Waals surface area (Å²) in [7, 11) is 0. The van der Waals surface area contributed by atoms with Crippen molar-refractivity contribution >= 4 is 29.1 Å². The highest BCUT2D eigenvalue weighted by molar-refractivity contribution is 6.08. The van der Waals surface area contributed by atoms with Crippen molar-refractivity contribution in [1.29, 1.82) is 0 Å². The molecule has 15 heavy (non-hydrogen) atoms. The van der Waals surface area contributed by atoms with Gasteiger partial charge in [0.1, 0.15) is 5.76 Å². The van der Waals surface area contributed by atoms with Gasteiger partial charge in [0.05, 0.1) is 0 Å². The van der Waals surface area contributed by atoms with Gasteiger partial charge in [-0.25, -0.2) is 4.79 Å². The van der Waals surface area contributed by atoms with Crippen LogP contribution in [0.5, 0.6) is 0 Å². The molecule has 1 aliphatic rings. The Labute approximate surface area is 86.8 Å². The van der Waals surface area contributed by atoms with Crippen molar-refractivity contribution in [1.82, 2.24) is 0 Å². The Kier molecular flexibility index (Phi) is 1.62. The van der Waals surface area contributed by atoms with E-state index in [9.17, 15) is 4.79 Å². The van der Waals surface area contributed by atoms with Gasteiger partial charge in [0.25, 0.3) is 0 Å². The van der Waals surface area contributed by atoms with Crippen LogP contribution in [-0.2, 0) is 9.53 Å². The van der Waals surface area contributed by atoms with E-state index in [0.717, 1.165) is 21.9 Å². The van der Waals surface area contributed by atoms with Crippen molar-refractivity contribution in [3.63, 3.8) is 0 Å². The van der Waals surface area contributed by atoms with Crippen molar-refractivity contribution in [3.8, 4) is 0 Å². The lowest BCUT2D eigenvalue weighted by atomic mass is 10.0. The van der Waals surface area contributed by atoms with E-state index in [1.54, 1.807) is 0 Å². The number of hydrogen-bond donors (Lipinski definition) is 0. The monoisotopic (exact) mass is 195 g/mol. The molecule has 0 aromatic heterocycles. The highest BCUT2D eigenvalue weighted by Crippen LogP contribution is 2.36. The molecule has 0 amide bonds. The summed E-state index contributed by atoms with van der Waals surface area (Å²) in [6.45, 7) is 1.47. The second kappa shape index (κ2) is 2.95. The van der Waals surface area contributed by atoms with E-state index >= 15 is 0 Å². The molecule has 0 spiro atoms. The van der Waals surface area contributed by atoms with Crippen LogP contribution >= 0.6 is 0 Å². The highest BCUT2D eigenvalue weighted by atomic mass is 16.5. The van der Waals surface area contributed by atoms with Crippen LogP contribution in [0.1, 0.15) is 11.1 Å². The summed E-state index contributed by atoms with van der Waals surface area (Å²) in [6.07, 6.45) is 1.86. The molecule has 1 aliphatic carbocycles. The van der Waals surface area contributed by atoms with Crippen molar-refractivity contribution in [2.45, 2.75) is 0 Å². The first kappa shape index (κ1) is 8.24. The van der Waals surface area contributed by atoms with Gasteiger partial charge in [0.2, 0.25) is 0 Å². The zero-order valence-electron chi connectivity index (χ0n) is 7.86. The summed E-state index contributed by atoms with van der Waals surface area (Å²) in [5.74, 6) is 0.580. The van der Waals surface area contributed by atoms with Gasteiger partial charge in [-0.05, 0) is 22.4 Å². The van der Waals surface area contributed by atoms with Gasteiger partial charge in [-0.2, -0.15) is 0 Å². The Morgan fingerprint density at radius 1 is 1.07 bits per heavy atom. The zero-order chi connectivity index (χ0) is 10.3. The molecule has 0 unspecified atom stereocenters. The lowest BCUT2D eigenvalue weighted by molar-refractivity contribution is 0.421. The fourth-order valence-corrected chi connectivity index (χ4v) is 2.04. The van der Waals surface area contributed by atoms with Crippen molar-refractivity contribution in [3.05, 3.63) is 47.5 Å². The molecule has 0 saturated carbocycles. The van der Waals surface area contributed by atoms with E-state index in [1.807, 2.05) is 42.5 Å². The molecule has 0 atom stereocenters. The van der Waals surface area contributed by atoms with Crippen LogP contribution in [0.15, 0.2) is 36.4 Å². The van der Waals surface area contributed by atoms with E-state index in [4.69, 9.17) is 4.74 Å². The van der Waals surface area contributed by atoms with E-state index < -0.39 is 0 Å². The van der Waals surface area contributed by atoms with Crippen molar-refractivity contribution in [2.24, 2.45) is 0 Å². The predicted octanol–water partition coefficient (Wildman–Crippen LogP) is 2.74. The zero-order valence-corrected chi connectivity index (χ0v) is 7.86. The fraction of sp³-hybridized carbons (Fsp3) is 0. The number of ether oxygens (including phenoxy) is 1. The quantitative estimate of drug-likeness (QED) is 0.736. The van der Waals surface area contributed by atoms with Crippen LogP contribution < -0.4 is 0 Å². The minimum absolute atomic E-state index is 0.580. The largest absolute Gasteiger partial charge is 0.423 e. The molecule has 2 aromatic rings. The fourth-order valence-electron chi connectivity index (χ4n) is 2.04. The number of rotatable bonds is 2. The Bertz CT molecular complexity index is 577. The van der Waals surface area contributed by atoms with Gasteiger partial charge < -0.3 is 4.74 Å². The first-order chi connectivity index (χ1) is 7.40. The minimum Gasteiger partial charge on any atom is -0.417 e. The summed E-state index contributed by atoms with van der Waals surface area (Å²) < 4.78 is 4.83. The third-order valence-corrected chi connectivity index (χ3v) is 2.64. The maximum Gasteiger partial charge on any atom is 0.423 e. The summed E-state index contributed by atoms with van der Waals surface area (Å²) in [5.41, 5.74) is 2.06. The van der Waals surface area contributed by atoms with Gasteiger partial charge in [-0.15, -0.1) is 0 Å². The van der Waals surface area contributed by atoms with Gasteiger partial charge in [0.15, 0.2) is 0 Å². The van der Waals surface area contributed by atoms with Gasteiger partial charge in [-0.3, -0.25) is 0 Å². The molecule has 0 heterocycles. The first-order valence-corrected chi connectivity index (χ1v) is 4.68. The van der Waals surface area contributed by atoms with Crippen LogP contribution in [0.4, 0.5) is 0 Å². The van der Waals surface area contributed by atoms with Crippen LogP contribution in [-0.4, -0.2) is 6.47 Å². The van der Waals surface area contributed by atoms with Crippen LogP contribution in [0.3, 0.4) is 0 Å². The van der Waals surface area contributed by atoms with Crippen LogP contribution in [0, 0.1) is 0 Å². The summed E-state index contributed by atoms with van der Waals surface area (Å²) in [6, 6.07) is 12.0. The normalized spacial score (nSPS) is 12.7. The minimum atomic E-state index is 0.580. The molecule has 0 saturated heterocycles. The van der Waals surface area contributed by atoms with E-state index in [1.165, 1.54) is 6.47 Å². The van der Waals surface area contributed by atoms with Crippen molar-refractivity contribution < 1.29 is 9.53 Å². The number of carbonyl (C=O) groups excluding carboxylic acids is 1. The molecule has 2 aromatic carbocycles. The maximum absolute atomic E-state index is 10.2. The average molecular weight is 195 g/mol. The third kappa shape index (κ3) is 1.08. The second-order valence-electron chi connectivity index (χ2n) is 3.44. The van der Waals surface area contributed by atoms with Gasteiger partial charge in [-0.1, -0.05) is 36.4 Å². The lowest BCUT2D eigenvalue weighted by Gasteiger charge is -2.02. The average Bonchev–Trinajstić information content (AvgIpc) is 2.61. The highest BCUT2D eigenvalue weighted by Gasteiger charge is 2.16. The van der Waals surface area contributed by atoms with E-state index in [0.29, 0.717) is 5.76 Å². The van der Waals surface area contributed by atoms with Gasteiger partial charge >= 0.3 is 6.47 Å². The molecule has 71 valence electrons. The maximum atomic E-state index is 10.2. The summed E-state index contributed by atoms with van der Waals surface area (Å²) in [4.78, 5) is 10.2. The Morgan fingerprint density at radius 2 is 1.87 bits per heavy atom. The van der Waals surface area contributed by atoms with Crippen molar-refractivity contribution in [2.75, 3.05) is 0 Å². The molecule has 0 aliphatic heterocycles. The van der Waals surface area contributed by atoms with E-state index in [2.05, 4.69) is 0 Å². The molecule has 2 heteroatoms. The standard InChI is InChI=1S/C13H7O2/c14-8-15-12-7-10-5-1-3-9-4-2-6-11(12)13(9)10/h1-7H. The molecule has 0 bridgehead atoms. The molecule has 3 rings (SSSR count). The molecule has 0 fully saturated rings. The molecule has 2 nitrogen and oxygen atoms in total. The first-order valence-electron chi connectivity index (χ1n) is 4.68. The molecular weight excluding hydrogens is 188 g/mol. The Hall–Kier alpha value is -2.09. The predicted molar refractivity (Wildman–Crippen MR) is 58.6 cm³/mol. The summed E-state index contributed by atoms with van der Waals surface area (Å²) in [5, 5.41) is 2.30. The topological polar surface area (TPSA) is 26.3 Å². The smallest absolute Gasteiger partial charge is 0.417 e. The lowest BCUT2D eigenvalue weighted by Crippen LogP contribution is -1.86. The molecular formula is C13H7O2.